The van der Waals surface area contributed by atoms with Crippen molar-refractivity contribution in [2.75, 3.05) is 0 Å². The minimum absolute atomic E-state index is 0.689. The number of hydrogen-bond donors (Lipinski definition) is 0. The Hall–Kier alpha value is -2.07. The Labute approximate surface area is 97.0 Å². The summed E-state index contributed by atoms with van der Waals surface area (Å²) in [5, 5.41) is 8.92. The van der Waals surface area contributed by atoms with Crippen molar-refractivity contribution in [3.8, 4) is 6.07 Å². The lowest BCUT2D eigenvalue weighted by Gasteiger charge is -2.04. The molecule has 0 aliphatic rings. The zero-order valence-electron chi connectivity index (χ0n) is 9.70. The summed E-state index contributed by atoms with van der Waals surface area (Å²) < 4.78 is 0. The fourth-order valence-electron chi connectivity index (χ4n) is 1.57. The van der Waals surface area contributed by atoms with E-state index in [2.05, 4.69) is 18.7 Å². The highest BCUT2D eigenvalue weighted by Gasteiger charge is 2.00. The lowest BCUT2D eigenvalue weighted by atomic mass is 10.00. The van der Waals surface area contributed by atoms with Gasteiger partial charge in [0.25, 0.3) is 0 Å². The van der Waals surface area contributed by atoms with Gasteiger partial charge in [-0.15, -0.1) is 0 Å². The van der Waals surface area contributed by atoms with E-state index in [1.165, 1.54) is 0 Å². The first-order valence-electron chi connectivity index (χ1n) is 5.19. The monoisotopic (exact) mass is 209 g/mol. The fraction of sp³-hybridized carbons (Fsp3) is 0.133. The summed E-state index contributed by atoms with van der Waals surface area (Å²) in [6, 6.07) is 8.01. The van der Waals surface area contributed by atoms with Gasteiger partial charge >= 0.3 is 0 Å². The third kappa shape index (κ3) is 2.96. The van der Waals surface area contributed by atoms with E-state index < -0.39 is 0 Å². The van der Waals surface area contributed by atoms with E-state index in [-0.39, 0.29) is 0 Å². The molecule has 1 nitrogen and oxygen atoms in total. The summed E-state index contributed by atoms with van der Waals surface area (Å²) in [6.45, 7) is 7.66. The van der Waals surface area contributed by atoms with Crippen molar-refractivity contribution in [1.29, 1.82) is 5.26 Å². The van der Waals surface area contributed by atoms with Crippen LogP contribution in [0.4, 0.5) is 0 Å². The summed E-state index contributed by atoms with van der Waals surface area (Å²) in [5.41, 5.74) is 3.90. The number of rotatable bonds is 3. The van der Waals surface area contributed by atoms with Crippen LogP contribution in [0.2, 0.25) is 0 Å². The number of allylic oxidation sites excluding steroid dienone is 5. The molecule has 16 heavy (non-hydrogen) atoms. The molecule has 1 aromatic rings. The standard InChI is InChI=1S/C15H15N/c1-4-6-14(7-5-2)15-9-12(3)8-13(10-15)11-16/h4-10H,1H2,2-3H3/b7-5-,14-6+. The van der Waals surface area contributed by atoms with Crippen molar-refractivity contribution >= 4 is 5.57 Å². The SMILES string of the molecule is C=C/C=C(\C=C/C)c1cc(C)cc(C#N)c1. The Bertz CT molecular complexity index is 485. The lowest BCUT2D eigenvalue weighted by Crippen LogP contribution is -1.86. The van der Waals surface area contributed by atoms with E-state index in [4.69, 9.17) is 5.26 Å². The molecule has 0 unspecified atom stereocenters. The number of nitriles is 1. The van der Waals surface area contributed by atoms with Gasteiger partial charge in [-0.2, -0.15) is 5.26 Å². The third-order valence-corrected chi connectivity index (χ3v) is 2.18. The molecule has 0 heterocycles. The second-order valence-corrected chi connectivity index (χ2v) is 3.56. The predicted octanol–water partition coefficient (Wildman–Crippen LogP) is 4.01. The number of benzene rings is 1. The molecule has 0 fully saturated rings. The fourth-order valence-corrected chi connectivity index (χ4v) is 1.57. The Morgan fingerprint density at radius 1 is 1.38 bits per heavy atom. The molecule has 1 heteroatoms. The van der Waals surface area contributed by atoms with E-state index in [9.17, 15) is 0 Å². The maximum absolute atomic E-state index is 8.92. The molecule has 0 spiro atoms. The highest BCUT2D eigenvalue weighted by molar-refractivity contribution is 5.76. The van der Waals surface area contributed by atoms with Gasteiger partial charge in [0, 0.05) is 0 Å². The Morgan fingerprint density at radius 3 is 2.69 bits per heavy atom. The van der Waals surface area contributed by atoms with Crippen LogP contribution in [-0.2, 0) is 0 Å². The molecule has 80 valence electrons. The summed E-state index contributed by atoms with van der Waals surface area (Å²) in [4.78, 5) is 0. The van der Waals surface area contributed by atoms with Gasteiger partial charge in [0.1, 0.15) is 0 Å². The Morgan fingerprint density at radius 2 is 2.12 bits per heavy atom. The molecule has 0 aliphatic carbocycles. The van der Waals surface area contributed by atoms with E-state index in [0.29, 0.717) is 5.56 Å². The molecular weight excluding hydrogens is 194 g/mol. The summed E-state index contributed by atoms with van der Waals surface area (Å²) in [5.74, 6) is 0. The summed E-state index contributed by atoms with van der Waals surface area (Å²) >= 11 is 0. The van der Waals surface area contributed by atoms with Crippen molar-refractivity contribution in [1.82, 2.24) is 0 Å². The van der Waals surface area contributed by atoms with Crippen LogP contribution in [0.25, 0.3) is 5.57 Å². The van der Waals surface area contributed by atoms with Crippen LogP contribution in [0.15, 0.2) is 49.1 Å². The van der Waals surface area contributed by atoms with Crippen molar-refractivity contribution in [2.45, 2.75) is 13.8 Å². The molecule has 0 bridgehead atoms. The van der Waals surface area contributed by atoms with Crippen molar-refractivity contribution in [3.63, 3.8) is 0 Å². The highest BCUT2D eigenvalue weighted by Crippen LogP contribution is 2.19. The molecule has 0 saturated carbocycles. The first-order valence-corrected chi connectivity index (χ1v) is 5.19. The third-order valence-electron chi connectivity index (χ3n) is 2.18. The average Bonchev–Trinajstić information content (AvgIpc) is 2.28. The van der Waals surface area contributed by atoms with Gasteiger partial charge in [-0.05, 0) is 42.7 Å². The molecule has 0 aliphatic heterocycles. The van der Waals surface area contributed by atoms with Crippen molar-refractivity contribution in [2.24, 2.45) is 0 Å². The van der Waals surface area contributed by atoms with E-state index in [0.717, 1.165) is 16.7 Å². The van der Waals surface area contributed by atoms with Crippen LogP contribution in [0.3, 0.4) is 0 Å². The second-order valence-electron chi connectivity index (χ2n) is 3.56. The topological polar surface area (TPSA) is 23.8 Å². The molecule has 0 atom stereocenters. The first-order chi connectivity index (χ1) is 7.71. The van der Waals surface area contributed by atoms with Gasteiger partial charge < -0.3 is 0 Å². The molecule has 0 amide bonds. The molecule has 0 saturated heterocycles. The number of hydrogen-bond acceptors (Lipinski definition) is 1. The maximum atomic E-state index is 8.92. The molecule has 0 aromatic heterocycles. The largest absolute Gasteiger partial charge is 0.192 e. The molecule has 1 rings (SSSR count). The van der Waals surface area contributed by atoms with Crippen molar-refractivity contribution in [3.05, 3.63) is 65.8 Å². The van der Waals surface area contributed by atoms with Crippen LogP contribution >= 0.6 is 0 Å². The maximum Gasteiger partial charge on any atom is 0.0991 e. The van der Waals surface area contributed by atoms with Crippen LogP contribution in [0, 0.1) is 18.3 Å². The lowest BCUT2D eigenvalue weighted by molar-refractivity contribution is 1.40. The van der Waals surface area contributed by atoms with E-state index >= 15 is 0 Å². The van der Waals surface area contributed by atoms with Gasteiger partial charge in [0.05, 0.1) is 11.6 Å². The van der Waals surface area contributed by atoms with Gasteiger partial charge in [-0.3, -0.25) is 0 Å². The summed E-state index contributed by atoms with van der Waals surface area (Å²) in [6.07, 6.45) is 7.68. The summed E-state index contributed by atoms with van der Waals surface area (Å²) in [7, 11) is 0. The van der Waals surface area contributed by atoms with Gasteiger partial charge in [-0.1, -0.05) is 36.9 Å². The zero-order chi connectivity index (χ0) is 12.0. The highest BCUT2D eigenvalue weighted by atomic mass is 14.2. The number of nitrogens with zero attached hydrogens (tertiary/aromatic N) is 1. The van der Waals surface area contributed by atoms with Crippen molar-refractivity contribution < 1.29 is 0 Å². The van der Waals surface area contributed by atoms with Gasteiger partial charge in [-0.25, -0.2) is 0 Å². The van der Waals surface area contributed by atoms with E-state index in [1.807, 2.05) is 44.2 Å². The minimum Gasteiger partial charge on any atom is -0.192 e. The van der Waals surface area contributed by atoms with E-state index in [1.54, 1.807) is 6.08 Å². The molecule has 1 aromatic carbocycles. The zero-order valence-corrected chi connectivity index (χ0v) is 9.70. The molecular formula is C15H15N. The van der Waals surface area contributed by atoms with Crippen LogP contribution in [-0.4, -0.2) is 0 Å². The predicted molar refractivity (Wildman–Crippen MR) is 68.9 cm³/mol. The molecule has 0 N–H and O–H groups in total. The first kappa shape index (κ1) is 12.0. The quantitative estimate of drug-likeness (QED) is 0.690. The molecule has 0 radical (unpaired) electrons. The van der Waals surface area contributed by atoms with Gasteiger partial charge in [0.15, 0.2) is 0 Å². The number of aryl methyl sites for hydroxylation is 1. The van der Waals surface area contributed by atoms with Gasteiger partial charge in [0.2, 0.25) is 0 Å². The second kappa shape index (κ2) is 5.72. The van der Waals surface area contributed by atoms with Crippen LogP contribution < -0.4 is 0 Å². The normalized spacial score (nSPS) is 11.4. The minimum atomic E-state index is 0.689. The smallest absolute Gasteiger partial charge is 0.0991 e. The van der Waals surface area contributed by atoms with Crippen LogP contribution in [0.1, 0.15) is 23.6 Å². The Kier molecular flexibility index (Phi) is 4.29. The average molecular weight is 209 g/mol. The Balaban J connectivity index is 3.30. The van der Waals surface area contributed by atoms with Crippen LogP contribution in [0.5, 0.6) is 0 Å².